The third-order valence-corrected chi connectivity index (χ3v) is 3.38. The van der Waals surface area contributed by atoms with Crippen molar-refractivity contribution in [3.05, 3.63) is 29.3 Å². The van der Waals surface area contributed by atoms with Gasteiger partial charge in [0.15, 0.2) is 5.79 Å². The molecule has 22 heavy (non-hydrogen) atoms. The summed E-state index contributed by atoms with van der Waals surface area (Å²) in [6.07, 6.45) is -4.77. The number of benzene rings is 1. The second-order valence-electron chi connectivity index (χ2n) is 4.95. The van der Waals surface area contributed by atoms with E-state index in [-0.39, 0.29) is 37.3 Å². The number of esters is 1. The van der Waals surface area contributed by atoms with Crippen molar-refractivity contribution in [3.8, 4) is 0 Å². The van der Waals surface area contributed by atoms with Gasteiger partial charge in [0.1, 0.15) is 0 Å². The van der Waals surface area contributed by atoms with Gasteiger partial charge in [0.05, 0.1) is 32.3 Å². The van der Waals surface area contributed by atoms with Crippen LogP contribution in [0.4, 0.5) is 18.9 Å². The van der Waals surface area contributed by atoms with Crippen LogP contribution in [0.1, 0.15) is 17.5 Å². The minimum atomic E-state index is -4.48. The molecule has 0 unspecified atom stereocenters. The zero-order chi connectivity index (χ0) is 16.4. The lowest BCUT2D eigenvalue weighted by Gasteiger charge is -2.27. The fraction of sp³-hybridized carbons (Fsp3) is 0.500. The van der Waals surface area contributed by atoms with Crippen LogP contribution in [0.2, 0.25) is 0 Å². The van der Waals surface area contributed by atoms with Crippen molar-refractivity contribution in [1.82, 2.24) is 0 Å². The largest absolute Gasteiger partial charge is 0.469 e. The SMILES string of the molecule is COC(=O)CC1(Cc2cc(C(F)(F)F)ccc2N)OCCO1. The van der Waals surface area contributed by atoms with Crippen LogP contribution in [-0.4, -0.2) is 32.1 Å². The van der Waals surface area contributed by atoms with E-state index in [9.17, 15) is 18.0 Å². The molecule has 0 bridgehead atoms. The number of methoxy groups -OCH3 is 1. The Labute approximate surface area is 125 Å². The van der Waals surface area contributed by atoms with E-state index >= 15 is 0 Å². The van der Waals surface area contributed by atoms with Crippen molar-refractivity contribution in [2.75, 3.05) is 26.1 Å². The van der Waals surface area contributed by atoms with Crippen molar-refractivity contribution in [2.24, 2.45) is 0 Å². The average molecular weight is 319 g/mol. The summed E-state index contributed by atoms with van der Waals surface area (Å²) in [7, 11) is 1.21. The molecule has 1 fully saturated rings. The molecule has 0 aromatic heterocycles. The molecule has 2 N–H and O–H groups in total. The smallest absolute Gasteiger partial charge is 0.416 e. The van der Waals surface area contributed by atoms with E-state index in [2.05, 4.69) is 4.74 Å². The van der Waals surface area contributed by atoms with Gasteiger partial charge in [-0.3, -0.25) is 4.79 Å². The maximum atomic E-state index is 12.8. The highest BCUT2D eigenvalue weighted by Gasteiger charge is 2.40. The number of hydrogen-bond acceptors (Lipinski definition) is 5. The molecule has 0 aliphatic carbocycles. The first kappa shape index (κ1) is 16.6. The second kappa shape index (κ2) is 6.13. The molecule has 1 aliphatic rings. The molecular formula is C14H16F3NO4. The van der Waals surface area contributed by atoms with Gasteiger partial charge in [0, 0.05) is 12.1 Å². The van der Waals surface area contributed by atoms with Crippen molar-refractivity contribution < 1.29 is 32.2 Å². The number of carbonyl (C=O) groups excluding carboxylic acids is 1. The van der Waals surface area contributed by atoms with Crippen LogP contribution in [0.25, 0.3) is 0 Å². The van der Waals surface area contributed by atoms with Crippen LogP contribution in [0.3, 0.4) is 0 Å². The first-order valence-electron chi connectivity index (χ1n) is 6.56. The Morgan fingerprint density at radius 3 is 2.55 bits per heavy atom. The van der Waals surface area contributed by atoms with Gasteiger partial charge >= 0.3 is 12.1 Å². The quantitative estimate of drug-likeness (QED) is 0.680. The minimum Gasteiger partial charge on any atom is -0.469 e. The average Bonchev–Trinajstić information content (AvgIpc) is 2.88. The van der Waals surface area contributed by atoms with Crippen molar-refractivity contribution in [1.29, 1.82) is 0 Å². The van der Waals surface area contributed by atoms with E-state index in [1.165, 1.54) is 13.2 Å². The molecule has 0 spiro atoms. The van der Waals surface area contributed by atoms with E-state index in [0.29, 0.717) is 0 Å². The Bertz CT molecular complexity index is 554. The summed E-state index contributed by atoms with van der Waals surface area (Å²) in [5.41, 5.74) is 5.31. The topological polar surface area (TPSA) is 70.8 Å². The van der Waals surface area contributed by atoms with Gasteiger partial charge < -0.3 is 19.9 Å². The zero-order valence-electron chi connectivity index (χ0n) is 11.9. The Balaban J connectivity index is 2.28. The Morgan fingerprint density at radius 2 is 2.00 bits per heavy atom. The van der Waals surface area contributed by atoms with Crippen LogP contribution in [-0.2, 0) is 31.6 Å². The fourth-order valence-corrected chi connectivity index (χ4v) is 2.28. The van der Waals surface area contributed by atoms with Gasteiger partial charge in [-0.2, -0.15) is 13.2 Å². The van der Waals surface area contributed by atoms with Gasteiger partial charge in [-0.1, -0.05) is 0 Å². The maximum Gasteiger partial charge on any atom is 0.416 e. The van der Waals surface area contributed by atoms with Crippen LogP contribution < -0.4 is 5.73 Å². The Hall–Kier alpha value is -1.80. The van der Waals surface area contributed by atoms with Crippen molar-refractivity contribution >= 4 is 11.7 Å². The van der Waals surface area contributed by atoms with E-state index in [4.69, 9.17) is 15.2 Å². The third-order valence-electron chi connectivity index (χ3n) is 3.38. The zero-order valence-corrected chi connectivity index (χ0v) is 11.9. The predicted octanol–water partition coefficient (Wildman–Crippen LogP) is 2.14. The number of ether oxygens (including phenoxy) is 3. The maximum absolute atomic E-state index is 12.8. The fourth-order valence-electron chi connectivity index (χ4n) is 2.28. The molecule has 1 aliphatic heterocycles. The molecule has 0 amide bonds. The van der Waals surface area contributed by atoms with E-state index in [1.54, 1.807) is 0 Å². The van der Waals surface area contributed by atoms with Crippen LogP contribution in [0, 0.1) is 0 Å². The molecule has 0 radical (unpaired) electrons. The number of hydrogen-bond donors (Lipinski definition) is 1. The van der Waals surface area contributed by atoms with E-state index in [1.807, 2.05) is 0 Å². The molecule has 0 saturated carbocycles. The summed E-state index contributed by atoms with van der Waals surface area (Å²) in [5.74, 6) is -1.92. The monoisotopic (exact) mass is 319 g/mol. The lowest BCUT2D eigenvalue weighted by Crippen LogP contribution is -2.36. The summed E-state index contributed by atoms with van der Waals surface area (Å²) in [6, 6.07) is 3.03. The second-order valence-corrected chi connectivity index (χ2v) is 4.95. The number of alkyl halides is 3. The predicted molar refractivity (Wildman–Crippen MR) is 70.8 cm³/mol. The normalized spacial score (nSPS) is 17.5. The highest BCUT2D eigenvalue weighted by Crippen LogP contribution is 2.35. The summed E-state index contributed by atoms with van der Waals surface area (Å²) >= 11 is 0. The van der Waals surface area contributed by atoms with Gasteiger partial charge in [0.2, 0.25) is 0 Å². The molecular weight excluding hydrogens is 303 g/mol. The van der Waals surface area contributed by atoms with Gasteiger partial charge in [-0.05, 0) is 23.8 Å². The standard InChI is InChI=1S/C14H16F3NO4/c1-20-12(19)8-13(21-4-5-22-13)7-9-6-10(14(15,16)17)2-3-11(9)18/h2-3,6H,4-5,7-8,18H2,1H3. The molecule has 2 rings (SSSR count). The summed E-state index contributed by atoms with van der Waals surface area (Å²) < 4.78 is 53.8. The van der Waals surface area contributed by atoms with Crippen molar-refractivity contribution in [3.63, 3.8) is 0 Å². The van der Waals surface area contributed by atoms with Crippen molar-refractivity contribution in [2.45, 2.75) is 24.8 Å². The molecule has 1 saturated heterocycles. The van der Waals surface area contributed by atoms with E-state index < -0.39 is 23.5 Å². The number of nitrogens with two attached hydrogens (primary N) is 1. The number of nitrogen functional groups attached to an aromatic ring is 1. The van der Waals surface area contributed by atoms with Gasteiger partial charge in [-0.15, -0.1) is 0 Å². The Morgan fingerprint density at radius 1 is 1.36 bits per heavy atom. The molecule has 122 valence electrons. The van der Waals surface area contributed by atoms with Crippen LogP contribution in [0.5, 0.6) is 0 Å². The molecule has 1 heterocycles. The van der Waals surface area contributed by atoms with E-state index in [0.717, 1.165) is 12.1 Å². The lowest BCUT2D eigenvalue weighted by atomic mass is 9.98. The van der Waals surface area contributed by atoms with Crippen LogP contribution in [0.15, 0.2) is 18.2 Å². The first-order valence-corrected chi connectivity index (χ1v) is 6.56. The first-order chi connectivity index (χ1) is 10.3. The summed E-state index contributed by atoms with van der Waals surface area (Å²) in [4.78, 5) is 11.5. The summed E-state index contributed by atoms with van der Waals surface area (Å²) in [5, 5.41) is 0. The number of rotatable bonds is 4. The van der Waals surface area contributed by atoms with Gasteiger partial charge in [0.25, 0.3) is 0 Å². The third kappa shape index (κ3) is 3.69. The minimum absolute atomic E-state index is 0.0716. The number of carbonyl (C=O) groups is 1. The highest BCUT2D eigenvalue weighted by atomic mass is 19.4. The molecule has 1 aromatic rings. The Kier molecular flexibility index (Phi) is 4.62. The highest BCUT2D eigenvalue weighted by molar-refractivity contribution is 5.70. The van der Waals surface area contributed by atoms with Crippen LogP contribution >= 0.6 is 0 Å². The lowest BCUT2D eigenvalue weighted by molar-refractivity contribution is -0.180. The summed E-state index contributed by atoms with van der Waals surface area (Å²) in [6.45, 7) is 0.492. The number of halogens is 3. The number of anilines is 1. The van der Waals surface area contributed by atoms with Gasteiger partial charge in [-0.25, -0.2) is 0 Å². The molecule has 1 aromatic carbocycles. The molecule has 5 nitrogen and oxygen atoms in total. The molecule has 0 atom stereocenters. The molecule has 8 heteroatoms.